The summed E-state index contributed by atoms with van der Waals surface area (Å²) < 4.78 is 7.40. The third-order valence-electron chi connectivity index (χ3n) is 3.99. The van der Waals surface area contributed by atoms with E-state index in [0.29, 0.717) is 0 Å². The molecule has 0 aliphatic carbocycles. The first kappa shape index (κ1) is 15.9. The van der Waals surface area contributed by atoms with E-state index in [0.717, 1.165) is 38.1 Å². The fourth-order valence-electron chi connectivity index (χ4n) is 2.74. The Morgan fingerprint density at radius 1 is 1.48 bits per heavy atom. The molecule has 0 bridgehead atoms. The van der Waals surface area contributed by atoms with Gasteiger partial charge in [0, 0.05) is 13.0 Å². The summed E-state index contributed by atoms with van der Waals surface area (Å²) in [6.45, 7) is 4.82. The largest absolute Gasteiger partial charge is 0.481 e. The zero-order chi connectivity index (χ0) is 15.2. The minimum absolute atomic E-state index is 0.0373. The lowest BCUT2D eigenvalue weighted by Gasteiger charge is -2.23. The second-order valence-corrected chi connectivity index (χ2v) is 5.98. The van der Waals surface area contributed by atoms with Gasteiger partial charge in [0.25, 0.3) is 0 Å². The van der Waals surface area contributed by atoms with Gasteiger partial charge in [0.15, 0.2) is 5.82 Å². The van der Waals surface area contributed by atoms with Crippen molar-refractivity contribution in [3.05, 3.63) is 5.82 Å². The number of hydrogen-bond donors (Lipinski definition) is 1. The van der Waals surface area contributed by atoms with Crippen molar-refractivity contribution < 1.29 is 14.6 Å². The van der Waals surface area contributed by atoms with Crippen molar-refractivity contribution in [1.29, 1.82) is 0 Å². The van der Waals surface area contributed by atoms with Crippen LogP contribution in [-0.2, 0) is 16.0 Å². The van der Waals surface area contributed by atoms with Crippen LogP contribution < -0.4 is 0 Å². The number of aryl methyl sites for hydroxylation is 1. The first-order chi connectivity index (χ1) is 10.1. The minimum atomic E-state index is -0.828. The van der Waals surface area contributed by atoms with Gasteiger partial charge >= 0.3 is 5.97 Å². The van der Waals surface area contributed by atoms with E-state index in [9.17, 15) is 4.79 Å². The maximum absolute atomic E-state index is 11.0. The molecule has 0 saturated carbocycles. The van der Waals surface area contributed by atoms with Crippen molar-refractivity contribution >= 4 is 5.97 Å². The van der Waals surface area contributed by atoms with Gasteiger partial charge in [0.2, 0.25) is 0 Å². The van der Waals surface area contributed by atoms with E-state index in [1.165, 1.54) is 6.42 Å². The maximum Gasteiger partial charge on any atom is 0.305 e. The topological polar surface area (TPSA) is 90.1 Å². The van der Waals surface area contributed by atoms with Crippen LogP contribution in [0, 0.1) is 5.92 Å². The average molecular weight is 296 g/mol. The number of tetrazole rings is 1. The van der Waals surface area contributed by atoms with E-state index in [2.05, 4.69) is 15.5 Å². The summed E-state index contributed by atoms with van der Waals surface area (Å²) in [6.07, 6.45) is 5.37. The molecule has 118 valence electrons. The van der Waals surface area contributed by atoms with Gasteiger partial charge in [-0.2, -0.15) is 0 Å². The molecule has 1 saturated heterocycles. The van der Waals surface area contributed by atoms with E-state index < -0.39 is 5.97 Å². The number of carbonyl (C=O) groups is 1. The van der Waals surface area contributed by atoms with Crippen LogP contribution in [0.25, 0.3) is 0 Å². The first-order valence-electron chi connectivity index (χ1n) is 7.68. The van der Waals surface area contributed by atoms with Gasteiger partial charge in [-0.25, -0.2) is 4.68 Å². The number of aliphatic carboxylic acids is 1. The van der Waals surface area contributed by atoms with Crippen LogP contribution in [-0.4, -0.2) is 44.0 Å². The fourth-order valence-corrected chi connectivity index (χ4v) is 2.74. The number of carboxylic acids is 1. The molecule has 2 rings (SSSR count). The van der Waals surface area contributed by atoms with Gasteiger partial charge in [0.05, 0.1) is 18.6 Å². The highest BCUT2D eigenvalue weighted by atomic mass is 16.5. The smallest absolute Gasteiger partial charge is 0.305 e. The molecular weight excluding hydrogens is 272 g/mol. The summed E-state index contributed by atoms with van der Waals surface area (Å²) in [7, 11) is 0. The van der Waals surface area contributed by atoms with Crippen LogP contribution in [0.5, 0.6) is 0 Å². The predicted molar refractivity (Wildman–Crippen MR) is 75.9 cm³/mol. The van der Waals surface area contributed by atoms with Gasteiger partial charge in [-0.05, 0) is 42.0 Å². The van der Waals surface area contributed by atoms with Gasteiger partial charge < -0.3 is 9.84 Å². The molecule has 1 aliphatic rings. The number of ether oxygens (including phenoxy) is 1. The molecule has 1 aliphatic heterocycles. The third kappa shape index (κ3) is 4.49. The molecule has 2 unspecified atom stereocenters. The standard InChI is InChI=1S/C14H24N4O3/c1-10(2)12(9-14(19)20)18-13(15-16-17-18)7-6-11-5-3-4-8-21-11/h10-12H,3-9H2,1-2H3,(H,19,20). The van der Waals surface area contributed by atoms with Crippen molar-refractivity contribution in [2.45, 2.75) is 64.5 Å². The number of hydrogen-bond acceptors (Lipinski definition) is 5. The average Bonchev–Trinajstić information content (AvgIpc) is 2.91. The Hall–Kier alpha value is -1.50. The highest BCUT2D eigenvalue weighted by molar-refractivity contribution is 5.67. The quantitative estimate of drug-likeness (QED) is 0.825. The highest BCUT2D eigenvalue weighted by Gasteiger charge is 2.24. The maximum atomic E-state index is 11.0. The fraction of sp³-hybridized carbons (Fsp3) is 0.857. The molecule has 0 amide bonds. The van der Waals surface area contributed by atoms with Crippen molar-refractivity contribution in [1.82, 2.24) is 20.2 Å². The number of aromatic nitrogens is 4. The minimum Gasteiger partial charge on any atom is -0.481 e. The van der Waals surface area contributed by atoms with Crippen molar-refractivity contribution in [2.75, 3.05) is 6.61 Å². The zero-order valence-electron chi connectivity index (χ0n) is 12.7. The summed E-state index contributed by atoms with van der Waals surface area (Å²) in [5.74, 6) is 0.0872. The predicted octanol–water partition coefficient (Wildman–Crippen LogP) is 1.85. The lowest BCUT2D eigenvalue weighted by Crippen LogP contribution is -2.24. The van der Waals surface area contributed by atoms with Crippen LogP contribution in [0.3, 0.4) is 0 Å². The second-order valence-electron chi connectivity index (χ2n) is 5.98. The molecule has 21 heavy (non-hydrogen) atoms. The lowest BCUT2D eigenvalue weighted by molar-refractivity contribution is -0.138. The van der Waals surface area contributed by atoms with Crippen LogP contribution in [0.1, 0.15) is 57.8 Å². The van der Waals surface area contributed by atoms with Gasteiger partial charge in [-0.15, -0.1) is 5.10 Å². The Kier molecular flexibility index (Phi) is 5.67. The van der Waals surface area contributed by atoms with Gasteiger partial charge in [0.1, 0.15) is 0 Å². The summed E-state index contributed by atoms with van der Waals surface area (Å²) in [6, 6.07) is -0.209. The van der Waals surface area contributed by atoms with Crippen LogP contribution >= 0.6 is 0 Å². The van der Waals surface area contributed by atoms with E-state index in [-0.39, 0.29) is 24.5 Å². The molecule has 1 aromatic heterocycles. The van der Waals surface area contributed by atoms with Crippen LogP contribution in [0.15, 0.2) is 0 Å². The van der Waals surface area contributed by atoms with E-state index >= 15 is 0 Å². The summed E-state index contributed by atoms with van der Waals surface area (Å²) in [5.41, 5.74) is 0. The molecule has 2 atom stereocenters. The highest BCUT2D eigenvalue weighted by Crippen LogP contribution is 2.23. The Morgan fingerprint density at radius 2 is 2.29 bits per heavy atom. The third-order valence-corrected chi connectivity index (χ3v) is 3.99. The summed E-state index contributed by atoms with van der Waals surface area (Å²) in [4.78, 5) is 11.0. The molecule has 1 N–H and O–H groups in total. The molecule has 1 aromatic rings. The summed E-state index contributed by atoms with van der Waals surface area (Å²) in [5, 5.41) is 20.9. The number of carboxylic acid groups (broad SMARTS) is 1. The molecular formula is C14H24N4O3. The normalized spacial score (nSPS) is 20.6. The van der Waals surface area contributed by atoms with Gasteiger partial charge in [-0.3, -0.25) is 4.79 Å². The second kappa shape index (κ2) is 7.49. The number of rotatable bonds is 7. The summed E-state index contributed by atoms with van der Waals surface area (Å²) >= 11 is 0. The first-order valence-corrected chi connectivity index (χ1v) is 7.68. The molecule has 0 spiro atoms. The SMILES string of the molecule is CC(C)C(CC(=O)O)n1nnnc1CCC1CCCCO1. The van der Waals surface area contributed by atoms with Crippen molar-refractivity contribution in [3.8, 4) is 0 Å². The van der Waals surface area contributed by atoms with Crippen LogP contribution in [0.4, 0.5) is 0 Å². The Morgan fingerprint density at radius 3 is 2.90 bits per heavy atom. The molecule has 2 heterocycles. The lowest BCUT2D eigenvalue weighted by atomic mass is 10.0. The van der Waals surface area contributed by atoms with Crippen LogP contribution in [0.2, 0.25) is 0 Å². The molecule has 0 aromatic carbocycles. The van der Waals surface area contributed by atoms with E-state index in [1.54, 1.807) is 4.68 Å². The molecule has 0 radical (unpaired) electrons. The van der Waals surface area contributed by atoms with Gasteiger partial charge in [-0.1, -0.05) is 13.8 Å². The Labute approximate surface area is 124 Å². The molecule has 7 nitrogen and oxygen atoms in total. The van der Waals surface area contributed by atoms with Crippen molar-refractivity contribution in [3.63, 3.8) is 0 Å². The number of nitrogens with zero attached hydrogens (tertiary/aromatic N) is 4. The van der Waals surface area contributed by atoms with Crippen molar-refractivity contribution in [2.24, 2.45) is 5.92 Å². The zero-order valence-corrected chi connectivity index (χ0v) is 12.7. The molecule has 1 fully saturated rings. The Balaban J connectivity index is 2.00. The van der Waals surface area contributed by atoms with E-state index in [1.807, 2.05) is 13.8 Å². The monoisotopic (exact) mass is 296 g/mol. The van der Waals surface area contributed by atoms with E-state index in [4.69, 9.17) is 9.84 Å². The Bertz CT molecular complexity index is 455. The molecule has 7 heteroatoms.